The summed E-state index contributed by atoms with van der Waals surface area (Å²) in [6.45, 7) is 14.4. The predicted octanol–water partition coefficient (Wildman–Crippen LogP) is -4.31. The molecule has 0 aliphatic carbocycles. The molecule has 1 aliphatic rings. The number of rotatable bonds is 34. The topological polar surface area (TPSA) is 480 Å². The number of nitrogens with two attached hydrogens (primary N) is 3. The van der Waals surface area contributed by atoms with Crippen LogP contribution in [-0.4, -0.2) is 186 Å². The van der Waals surface area contributed by atoms with Gasteiger partial charge in [-0.25, -0.2) is 0 Å². The largest absolute Gasteiger partial charge is 0.394 e. The monoisotopic (exact) mass is 1240 g/mol. The zero-order valence-corrected chi connectivity index (χ0v) is 52.6. The van der Waals surface area contributed by atoms with E-state index in [2.05, 4.69) is 68.8 Å². The number of aliphatic hydroxyl groups excluding tert-OH is 2. The van der Waals surface area contributed by atoms with Gasteiger partial charge in [0, 0.05) is 13.0 Å². The van der Waals surface area contributed by atoms with Gasteiger partial charge >= 0.3 is 0 Å². The Labute approximate surface area is 514 Å². The van der Waals surface area contributed by atoms with Crippen molar-refractivity contribution in [3.8, 4) is 0 Å². The molecule has 88 heavy (non-hydrogen) atoms. The van der Waals surface area contributed by atoms with Gasteiger partial charge in [0.2, 0.25) is 70.9 Å². The summed E-state index contributed by atoms with van der Waals surface area (Å²) in [7, 11) is 1.60. The number of benzene rings is 1. The molecule has 1 heterocycles. The van der Waals surface area contributed by atoms with Gasteiger partial charge in [-0.15, -0.1) is 0 Å². The van der Waals surface area contributed by atoms with Crippen LogP contribution >= 0.6 is 0 Å². The van der Waals surface area contributed by atoms with Crippen molar-refractivity contribution in [1.82, 2.24) is 63.8 Å². The fourth-order valence-corrected chi connectivity index (χ4v) is 9.23. The number of aliphatic hydroxyl groups is 2. The molecule has 1 fully saturated rings. The Balaban J connectivity index is 2.41. The van der Waals surface area contributed by atoms with Crippen LogP contribution in [0.3, 0.4) is 0 Å². The lowest BCUT2D eigenvalue weighted by atomic mass is 9.94. The second-order valence-electron chi connectivity index (χ2n) is 22.6. The van der Waals surface area contributed by atoms with E-state index < -0.39 is 193 Å². The fraction of sp³-hybridized carbons (Fsp3) is 0.672. The first-order chi connectivity index (χ1) is 41.5. The van der Waals surface area contributed by atoms with Gasteiger partial charge in [-0.3, -0.25) is 62.5 Å². The number of aliphatic imine (C=N–C) groups is 1. The van der Waals surface area contributed by atoms with Crippen molar-refractivity contribution < 1.29 is 67.7 Å². The van der Waals surface area contributed by atoms with E-state index in [4.69, 9.17) is 17.2 Å². The molecule has 1 aromatic carbocycles. The second kappa shape index (κ2) is 38.3. The van der Waals surface area contributed by atoms with Crippen LogP contribution in [0.4, 0.5) is 0 Å². The number of guanidine groups is 1. The van der Waals surface area contributed by atoms with Crippen LogP contribution in [0.25, 0.3) is 0 Å². The van der Waals surface area contributed by atoms with Crippen LogP contribution in [0.1, 0.15) is 126 Å². The molecule has 1 saturated heterocycles. The molecule has 0 radical (unpaired) electrons. The minimum atomic E-state index is -1.80. The smallest absolute Gasteiger partial charge is 0.245 e. The molecule has 30 heteroatoms. The molecule has 12 amide bonds. The number of primary amides is 1. The summed E-state index contributed by atoms with van der Waals surface area (Å²) in [6.07, 6.45) is 1.09. The Morgan fingerprint density at radius 2 is 1.05 bits per heavy atom. The van der Waals surface area contributed by atoms with Crippen LogP contribution in [0.2, 0.25) is 0 Å². The van der Waals surface area contributed by atoms with Crippen molar-refractivity contribution in [2.75, 3.05) is 26.8 Å². The highest BCUT2D eigenvalue weighted by Crippen LogP contribution is 2.16. The molecule has 0 aromatic heterocycles. The Bertz CT molecular complexity index is 2560. The van der Waals surface area contributed by atoms with Gasteiger partial charge in [0.25, 0.3) is 0 Å². The van der Waals surface area contributed by atoms with E-state index in [1.165, 1.54) is 13.8 Å². The Hall–Kier alpha value is -7.99. The number of carbonyl (C=O) groups excluding carboxylic acids is 12. The molecule has 2 rings (SSSR count). The SMILES string of the molecule is CC[C@H](C)[C@@H]1NC(=O)[C@H](CCCN=C(N)N)NC(=O)[C@H](C)NC(=O)[C@@H](NC(=O)[C@H](CO)NC(=O)[C@@H](NC(=O)[C@H](NC(=O)[C@@H](CCC(N)=O)NC(=O)[C@H](CO)NC(=O)[C@@H](NC(=O)[C@@H](Cc2ccccc2)NC)[C@@H](C)CC)[C@@H](C)CC)[C@@H](C)CC)[C@H](C)NC1=O. The molecule has 0 unspecified atom stereocenters. The predicted molar refractivity (Wildman–Crippen MR) is 326 cm³/mol. The second-order valence-corrected chi connectivity index (χ2v) is 22.6. The zero-order chi connectivity index (χ0) is 66.5. The Morgan fingerprint density at radius 3 is 1.52 bits per heavy atom. The quantitative estimate of drug-likeness (QED) is 0.0176. The molecule has 0 saturated carbocycles. The average molecular weight is 1240 g/mol. The maximum Gasteiger partial charge on any atom is 0.245 e. The number of amides is 12. The third-order valence-corrected chi connectivity index (χ3v) is 15.8. The summed E-state index contributed by atoms with van der Waals surface area (Å²) in [5, 5.41) is 52.2. The van der Waals surface area contributed by atoms with Gasteiger partial charge in [0.1, 0.15) is 60.4 Å². The molecule has 0 bridgehead atoms. The van der Waals surface area contributed by atoms with E-state index in [0.29, 0.717) is 19.3 Å². The standard InChI is InChI=1S/C58H98N16O14/c1-12-29(5)42-53(84)64-33(9)46(57(88)65-34(10)47(78)66-36(48(79)70-42)22-19-25-63-58(60)61)74-52(83)40(28-76)69-55(86)44(31(7)14-3)73-56(87)45(32(8)15-4)71-49(80)37(23-24-41(59)77)67-51(82)39(27-75)68-54(85)43(30(6)13-2)72-50(81)38(62-11)26-35-20-17-16-18-21-35/h16-18,20-21,29-34,36-40,42-46,62,75-76H,12-15,19,22-28H2,1-11H3,(H2,59,77)(H,64,84)(H,65,88)(H,66,78)(H,67,82)(H,68,85)(H,69,86)(H,70,79)(H,71,80)(H,72,81)(H,73,87)(H,74,83)(H4,60,61,63)/t29-,30-,31-,32-,33-,34-,36-,37+,38+,39-,40-,42-,43-,44-,45+,46-/m0/s1. The highest BCUT2D eigenvalue weighted by molar-refractivity contribution is 6.00. The number of carbonyl (C=O) groups is 12. The van der Waals surface area contributed by atoms with Crippen molar-refractivity contribution in [3.63, 3.8) is 0 Å². The highest BCUT2D eigenvalue weighted by atomic mass is 16.3. The van der Waals surface area contributed by atoms with Crippen LogP contribution in [0.15, 0.2) is 35.3 Å². The third kappa shape index (κ3) is 24.3. The first kappa shape index (κ1) is 76.1. The van der Waals surface area contributed by atoms with Gasteiger partial charge in [-0.2, -0.15) is 0 Å². The van der Waals surface area contributed by atoms with E-state index >= 15 is 0 Å². The van der Waals surface area contributed by atoms with Gasteiger partial charge in [-0.05, 0) is 75.8 Å². The van der Waals surface area contributed by atoms with E-state index in [-0.39, 0.29) is 38.2 Å². The summed E-state index contributed by atoms with van der Waals surface area (Å²) in [6, 6.07) is -7.30. The molecule has 494 valence electrons. The van der Waals surface area contributed by atoms with Crippen LogP contribution in [0, 0.1) is 23.7 Å². The Kier molecular flexibility index (Phi) is 33.1. The maximum atomic E-state index is 14.4. The van der Waals surface area contributed by atoms with E-state index in [9.17, 15) is 67.7 Å². The first-order valence-electron chi connectivity index (χ1n) is 30.1. The number of nitrogens with one attached hydrogen (secondary N) is 12. The van der Waals surface area contributed by atoms with Crippen molar-refractivity contribution >= 4 is 76.8 Å². The molecular formula is C58H98N16O14. The molecular weight excluding hydrogens is 1140 g/mol. The molecule has 1 aromatic rings. The number of likely N-dealkylation sites (N-methyl/N-ethyl adjacent to an activating group) is 1. The molecule has 0 spiro atoms. The summed E-state index contributed by atoms with van der Waals surface area (Å²) >= 11 is 0. The maximum absolute atomic E-state index is 14.4. The molecule has 20 N–H and O–H groups in total. The summed E-state index contributed by atoms with van der Waals surface area (Å²) < 4.78 is 0. The van der Waals surface area contributed by atoms with Gasteiger partial charge in [-0.1, -0.05) is 111 Å². The summed E-state index contributed by atoms with van der Waals surface area (Å²) in [4.78, 5) is 169. The first-order valence-corrected chi connectivity index (χ1v) is 30.1. The number of hydrogen-bond donors (Lipinski definition) is 17. The normalized spacial score (nSPS) is 21.0. The van der Waals surface area contributed by atoms with E-state index in [1.807, 2.05) is 30.3 Å². The van der Waals surface area contributed by atoms with Crippen LogP contribution in [0.5, 0.6) is 0 Å². The summed E-state index contributed by atoms with van der Waals surface area (Å²) in [5.41, 5.74) is 17.2. The minimum absolute atomic E-state index is 0.0444. The van der Waals surface area contributed by atoms with Crippen LogP contribution < -0.4 is 81.0 Å². The van der Waals surface area contributed by atoms with E-state index in [0.717, 1.165) is 5.56 Å². The van der Waals surface area contributed by atoms with E-state index in [1.54, 1.807) is 62.4 Å². The lowest BCUT2D eigenvalue weighted by Gasteiger charge is -2.32. The zero-order valence-electron chi connectivity index (χ0n) is 52.6. The van der Waals surface area contributed by atoms with Crippen molar-refractivity contribution in [3.05, 3.63) is 35.9 Å². The Morgan fingerprint density at radius 1 is 0.568 bits per heavy atom. The van der Waals surface area contributed by atoms with Gasteiger partial charge < -0.3 is 91.2 Å². The van der Waals surface area contributed by atoms with Crippen LogP contribution in [-0.2, 0) is 64.0 Å². The van der Waals surface area contributed by atoms with Crippen molar-refractivity contribution in [2.24, 2.45) is 45.9 Å². The fourth-order valence-electron chi connectivity index (χ4n) is 9.23. The highest BCUT2D eigenvalue weighted by Gasteiger charge is 2.40. The lowest BCUT2D eigenvalue weighted by Crippen LogP contribution is -2.64. The average Bonchev–Trinajstić information content (AvgIpc) is 3.14. The molecule has 1 aliphatic heterocycles. The van der Waals surface area contributed by atoms with Crippen molar-refractivity contribution in [1.29, 1.82) is 0 Å². The molecule has 16 atom stereocenters. The minimum Gasteiger partial charge on any atom is -0.394 e. The summed E-state index contributed by atoms with van der Waals surface area (Å²) in [5.74, 6) is -12.9. The number of nitrogens with zero attached hydrogens (tertiary/aromatic N) is 1. The van der Waals surface area contributed by atoms with Gasteiger partial charge in [0.15, 0.2) is 5.96 Å². The molecule has 30 nitrogen and oxygen atoms in total. The van der Waals surface area contributed by atoms with Gasteiger partial charge in [0.05, 0.1) is 25.3 Å². The third-order valence-electron chi connectivity index (χ3n) is 15.8. The van der Waals surface area contributed by atoms with Crippen molar-refractivity contribution in [2.45, 2.75) is 200 Å². The number of hydrogen-bond acceptors (Lipinski definition) is 16. The lowest BCUT2D eigenvalue weighted by molar-refractivity contribution is -0.138.